The summed E-state index contributed by atoms with van der Waals surface area (Å²) in [7, 11) is 0. The number of para-hydroxylation sites is 1. The topological polar surface area (TPSA) is 92.1 Å². The molecule has 0 aliphatic rings. The highest BCUT2D eigenvalue weighted by atomic mass is 32.2. The van der Waals surface area contributed by atoms with E-state index in [1.54, 1.807) is 24.1 Å². The summed E-state index contributed by atoms with van der Waals surface area (Å²) in [5, 5.41) is 13.4. The average molecular weight is 430 g/mol. The molecule has 4 N–H and O–H groups in total. The first-order valence-electron chi connectivity index (χ1n) is 10.1. The molecular weight excluding hydrogens is 406 g/mol. The minimum Gasteiger partial charge on any atom is -0.457 e. The normalized spacial score (nSPS) is 10.9. The molecule has 0 bridgehead atoms. The number of amides is 1. The summed E-state index contributed by atoms with van der Waals surface area (Å²) in [4.78, 5) is 13.0. The molecule has 0 fully saturated rings. The second-order valence-electron chi connectivity index (χ2n) is 7.20. The van der Waals surface area contributed by atoms with Crippen LogP contribution in [0.3, 0.4) is 0 Å². The molecule has 4 aromatic rings. The molecule has 5 nitrogen and oxygen atoms in total. The number of carbonyl (C=O) groups excluding carboxylic acids is 1. The predicted molar refractivity (Wildman–Crippen MR) is 128 cm³/mol. The molecule has 0 spiro atoms. The van der Waals surface area contributed by atoms with Crippen LogP contribution < -0.4 is 11.1 Å². The van der Waals surface area contributed by atoms with E-state index in [1.165, 1.54) is 0 Å². The van der Waals surface area contributed by atoms with E-state index in [0.717, 1.165) is 44.9 Å². The maximum atomic E-state index is 13.0. The van der Waals surface area contributed by atoms with E-state index >= 15 is 0 Å². The Bertz CT molecular complexity index is 1250. The summed E-state index contributed by atoms with van der Waals surface area (Å²) in [5.41, 5.74) is 9.39. The number of hydrogen-bond donors (Lipinski definition) is 3. The van der Waals surface area contributed by atoms with Gasteiger partial charge in [0.1, 0.15) is 5.84 Å². The number of nitrogens with one attached hydrogen (secondary N) is 2. The van der Waals surface area contributed by atoms with Crippen molar-refractivity contribution < 1.29 is 9.21 Å². The second kappa shape index (κ2) is 9.10. The van der Waals surface area contributed by atoms with Crippen molar-refractivity contribution in [1.29, 1.82) is 5.41 Å². The quantitative estimate of drug-likeness (QED) is 0.187. The van der Waals surface area contributed by atoms with Crippen LogP contribution in [-0.4, -0.2) is 17.5 Å². The molecule has 0 aliphatic heterocycles. The van der Waals surface area contributed by atoms with Crippen LogP contribution in [0.2, 0.25) is 0 Å². The number of nitrogens with two attached hydrogens (primary N) is 1. The third-order valence-electron chi connectivity index (χ3n) is 4.89. The molecule has 3 aromatic carbocycles. The molecule has 0 radical (unpaired) electrons. The van der Waals surface area contributed by atoms with Crippen LogP contribution in [0.25, 0.3) is 21.9 Å². The van der Waals surface area contributed by atoms with E-state index in [4.69, 9.17) is 15.6 Å². The lowest BCUT2D eigenvalue weighted by atomic mass is 9.95. The van der Waals surface area contributed by atoms with Crippen molar-refractivity contribution in [3.05, 3.63) is 84.1 Å². The molecule has 0 unspecified atom stereocenters. The highest BCUT2D eigenvalue weighted by Crippen LogP contribution is 2.35. The zero-order chi connectivity index (χ0) is 21.8. The Hall–Kier alpha value is -3.51. The zero-order valence-corrected chi connectivity index (χ0v) is 18.0. The zero-order valence-electron chi connectivity index (χ0n) is 17.1. The summed E-state index contributed by atoms with van der Waals surface area (Å²) in [5.74, 6) is 0.793. The van der Waals surface area contributed by atoms with Crippen molar-refractivity contribution in [2.24, 2.45) is 5.73 Å². The Balaban J connectivity index is 1.80. The van der Waals surface area contributed by atoms with Crippen molar-refractivity contribution in [2.75, 3.05) is 11.1 Å². The van der Waals surface area contributed by atoms with E-state index in [-0.39, 0.29) is 11.7 Å². The minimum atomic E-state index is -0.186. The second-order valence-corrected chi connectivity index (χ2v) is 8.30. The number of carbonyl (C=O) groups is 1. The number of hydrogen-bond acceptors (Lipinski definition) is 4. The van der Waals surface area contributed by atoms with Gasteiger partial charge in [-0.25, -0.2) is 0 Å². The van der Waals surface area contributed by atoms with Crippen LogP contribution >= 0.6 is 11.8 Å². The van der Waals surface area contributed by atoms with Gasteiger partial charge in [0.25, 0.3) is 5.91 Å². The summed E-state index contributed by atoms with van der Waals surface area (Å²) >= 11 is 1.66. The van der Waals surface area contributed by atoms with Crippen molar-refractivity contribution in [2.45, 2.75) is 18.4 Å². The van der Waals surface area contributed by atoms with Crippen LogP contribution in [0.15, 0.2) is 82.5 Å². The third kappa shape index (κ3) is 4.64. The molecule has 156 valence electrons. The fraction of sp³-hybridized carbons (Fsp3) is 0.120. The van der Waals surface area contributed by atoms with Crippen LogP contribution in [0.4, 0.5) is 5.69 Å². The molecule has 1 heterocycles. The Morgan fingerprint density at radius 2 is 1.87 bits per heavy atom. The lowest BCUT2D eigenvalue weighted by Gasteiger charge is -2.11. The first-order chi connectivity index (χ1) is 15.0. The molecular formula is C25H23N3O2S. The van der Waals surface area contributed by atoms with Crippen molar-refractivity contribution in [3.8, 4) is 11.1 Å². The number of benzene rings is 3. The van der Waals surface area contributed by atoms with Crippen molar-refractivity contribution in [1.82, 2.24) is 0 Å². The smallest absolute Gasteiger partial charge is 0.255 e. The van der Waals surface area contributed by atoms with E-state index in [2.05, 4.69) is 12.2 Å². The van der Waals surface area contributed by atoms with Gasteiger partial charge in [-0.1, -0.05) is 49.0 Å². The highest BCUT2D eigenvalue weighted by molar-refractivity contribution is 7.99. The number of anilines is 1. The molecule has 0 atom stereocenters. The average Bonchev–Trinajstić information content (AvgIpc) is 3.26. The summed E-state index contributed by atoms with van der Waals surface area (Å²) in [6, 6.07) is 20.7. The minimum absolute atomic E-state index is 0.00475. The SMILES string of the molecule is CCCSc1cc(-c2cc(C(=O)Nc3ccccc3)cc3ccc(C(=N)N)cc23)co1. The standard InChI is InChI=1S/C25H23N3O2S/c1-2-10-31-23-14-19(15-30-23)22-13-18(25(29)28-20-6-4-3-5-7-20)11-16-8-9-17(24(26)27)12-21(16)22/h3-9,11-15H,2,10H2,1H3,(H3,26,27)(H,28,29). The number of furan rings is 1. The van der Waals surface area contributed by atoms with Crippen LogP contribution in [0.5, 0.6) is 0 Å². The predicted octanol–water partition coefficient (Wildman–Crippen LogP) is 6.14. The fourth-order valence-electron chi connectivity index (χ4n) is 3.36. The van der Waals surface area contributed by atoms with Gasteiger partial charge in [0.15, 0.2) is 5.09 Å². The van der Waals surface area contributed by atoms with Gasteiger partial charge >= 0.3 is 0 Å². The van der Waals surface area contributed by atoms with Gasteiger partial charge in [0, 0.05) is 28.1 Å². The van der Waals surface area contributed by atoms with Crippen LogP contribution in [0.1, 0.15) is 29.3 Å². The summed E-state index contributed by atoms with van der Waals surface area (Å²) in [6.45, 7) is 2.13. The number of thioether (sulfide) groups is 1. The molecule has 1 aromatic heterocycles. The van der Waals surface area contributed by atoms with Crippen LogP contribution in [0, 0.1) is 5.41 Å². The van der Waals surface area contributed by atoms with E-state index < -0.39 is 0 Å². The van der Waals surface area contributed by atoms with Gasteiger partial charge < -0.3 is 15.5 Å². The number of nitrogen functional groups attached to an aromatic ring is 1. The van der Waals surface area contributed by atoms with Crippen molar-refractivity contribution >= 4 is 40.0 Å². The van der Waals surface area contributed by atoms with Crippen molar-refractivity contribution in [3.63, 3.8) is 0 Å². The first-order valence-corrected chi connectivity index (χ1v) is 11.0. The fourth-order valence-corrected chi connectivity index (χ4v) is 4.09. The largest absolute Gasteiger partial charge is 0.457 e. The number of rotatable bonds is 7. The van der Waals surface area contributed by atoms with Gasteiger partial charge in [-0.3, -0.25) is 10.2 Å². The van der Waals surface area contributed by atoms with Gasteiger partial charge in [-0.05, 0) is 59.2 Å². The Morgan fingerprint density at radius 1 is 1.06 bits per heavy atom. The lowest BCUT2D eigenvalue weighted by molar-refractivity contribution is 0.102. The molecule has 0 saturated heterocycles. The number of amidine groups is 1. The third-order valence-corrected chi connectivity index (χ3v) is 6.00. The van der Waals surface area contributed by atoms with Gasteiger partial charge in [-0.2, -0.15) is 0 Å². The molecule has 1 amide bonds. The van der Waals surface area contributed by atoms with Gasteiger partial charge in [-0.15, -0.1) is 0 Å². The Labute approximate surface area is 185 Å². The van der Waals surface area contributed by atoms with Crippen LogP contribution in [-0.2, 0) is 0 Å². The maximum Gasteiger partial charge on any atom is 0.255 e. The maximum absolute atomic E-state index is 13.0. The summed E-state index contributed by atoms with van der Waals surface area (Å²) < 4.78 is 5.74. The number of fused-ring (bicyclic) bond motifs is 1. The van der Waals surface area contributed by atoms with Gasteiger partial charge in [0.2, 0.25) is 0 Å². The van der Waals surface area contributed by atoms with Gasteiger partial charge in [0.05, 0.1) is 6.26 Å². The Morgan fingerprint density at radius 3 is 2.61 bits per heavy atom. The molecule has 31 heavy (non-hydrogen) atoms. The highest BCUT2D eigenvalue weighted by Gasteiger charge is 2.15. The molecule has 4 rings (SSSR count). The monoisotopic (exact) mass is 429 g/mol. The molecule has 0 saturated carbocycles. The van der Waals surface area contributed by atoms with E-state index in [1.807, 2.05) is 60.7 Å². The van der Waals surface area contributed by atoms with E-state index in [0.29, 0.717) is 11.1 Å². The summed E-state index contributed by atoms with van der Waals surface area (Å²) in [6.07, 6.45) is 2.77. The first kappa shape index (κ1) is 20.8. The lowest BCUT2D eigenvalue weighted by Crippen LogP contribution is -2.12. The molecule has 0 aliphatic carbocycles. The van der Waals surface area contributed by atoms with E-state index in [9.17, 15) is 4.79 Å². The Kier molecular flexibility index (Phi) is 6.09. The molecule has 6 heteroatoms.